The van der Waals surface area contributed by atoms with E-state index < -0.39 is 5.91 Å². The highest BCUT2D eigenvalue weighted by Gasteiger charge is 2.13. The lowest BCUT2D eigenvalue weighted by atomic mass is 9.92. The predicted molar refractivity (Wildman–Crippen MR) is 78.9 cm³/mol. The number of nitriles is 1. The molecule has 0 aliphatic rings. The maximum atomic E-state index is 11.2. The molecule has 1 amide bonds. The van der Waals surface area contributed by atoms with Crippen molar-refractivity contribution in [3.05, 3.63) is 39.5 Å². The molecule has 0 heterocycles. The Labute approximate surface area is 124 Å². The first-order chi connectivity index (χ1) is 9.77. The van der Waals surface area contributed by atoms with Gasteiger partial charge in [0.05, 0.1) is 0 Å². The van der Waals surface area contributed by atoms with Crippen LogP contribution in [0.3, 0.4) is 0 Å². The van der Waals surface area contributed by atoms with Crippen LogP contribution in [0, 0.1) is 32.1 Å². The number of carbonyl (C=O) groups is 2. The Bertz CT molecular complexity index is 667. The SMILES string of the molecule is CC(=O)OCc1c(C)cc(C)c(/C=C(/C#N)C(N)=O)c1C. The Morgan fingerprint density at radius 3 is 2.43 bits per heavy atom. The number of aryl methyl sites for hydroxylation is 2. The van der Waals surface area contributed by atoms with Crippen LogP contribution in [0.1, 0.15) is 34.7 Å². The summed E-state index contributed by atoms with van der Waals surface area (Å²) >= 11 is 0. The van der Waals surface area contributed by atoms with E-state index in [1.165, 1.54) is 13.0 Å². The summed E-state index contributed by atoms with van der Waals surface area (Å²) in [5, 5.41) is 8.95. The highest BCUT2D eigenvalue weighted by atomic mass is 16.5. The number of carbonyl (C=O) groups excluding carboxylic acids is 2. The Hall–Kier alpha value is -2.61. The summed E-state index contributed by atoms with van der Waals surface area (Å²) in [5.74, 6) is -1.13. The van der Waals surface area contributed by atoms with Crippen molar-refractivity contribution in [1.82, 2.24) is 0 Å². The molecular formula is C16H18N2O3. The fraction of sp³-hybridized carbons (Fsp3) is 0.312. The number of nitrogens with zero attached hydrogens (tertiary/aromatic N) is 1. The van der Waals surface area contributed by atoms with E-state index >= 15 is 0 Å². The van der Waals surface area contributed by atoms with Crippen LogP contribution in [0.25, 0.3) is 6.08 Å². The van der Waals surface area contributed by atoms with Crippen LogP contribution < -0.4 is 5.73 Å². The molecule has 1 aromatic rings. The van der Waals surface area contributed by atoms with E-state index in [1.807, 2.05) is 26.8 Å². The molecular weight excluding hydrogens is 268 g/mol. The minimum Gasteiger partial charge on any atom is -0.461 e. The van der Waals surface area contributed by atoms with Gasteiger partial charge in [-0.2, -0.15) is 5.26 Å². The molecule has 1 rings (SSSR count). The van der Waals surface area contributed by atoms with Crippen LogP contribution in [0.15, 0.2) is 11.6 Å². The van der Waals surface area contributed by atoms with Gasteiger partial charge in [0.25, 0.3) is 5.91 Å². The molecule has 0 saturated heterocycles. The lowest BCUT2D eigenvalue weighted by Gasteiger charge is -2.15. The molecule has 21 heavy (non-hydrogen) atoms. The molecule has 0 fully saturated rings. The molecule has 0 atom stereocenters. The summed E-state index contributed by atoms with van der Waals surface area (Å²) in [6, 6.07) is 3.71. The Morgan fingerprint density at radius 1 is 1.33 bits per heavy atom. The van der Waals surface area contributed by atoms with Gasteiger partial charge in [-0.15, -0.1) is 0 Å². The van der Waals surface area contributed by atoms with Gasteiger partial charge < -0.3 is 10.5 Å². The molecule has 5 nitrogen and oxygen atoms in total. The van der Waals surface area contributed by atoms with Crippen molar-refractivity contribution < 1.29 is 14.3 Å². The monoisotopic (exact) mass is 286 g/mol. The smallest absolute Gasteiger partial charge is 0.302 e. The number of primary amides is 1. The molecule has 110 valence electrons. The number of amides is 1. The number of hydrogen-bond acceptors (Lipinski definition) is 4. The van der Waals surface area contributed by atoms with Crippen molar-refractivity contribution in [3.8, 4) is 6.07 Å². The van der Waals surface area contributed by atoms with Crippen LogP contribution >= 0.6 is 0 Å². The molecule has 0 aliphatic carbocycles. The van der Waals surface area contributed by atoms with Crippen molar-refractivity contribution in [2.75, 3.05) is 0 Å². The molecule has 0 spiro atoms. The molecule has 0 aromatic heterocycles. The third kappa shape index (κ3) is 3.93. The average molecular weight is 286 g/mol. The zero-order valence-corrected chi connectivity index (χ0v) is 12.6. The van der Waals surface area contributed by atoms with E-state index in [9.17, 15) is 9.59 Å². The Morgan fingerprint density at radius 2 is 1.95 bits per heavy atom. The second-order valence-electron chi connectivity index (χ2n) is 4.84. The fourth-order valence-corrected chi connectivity index (χ4v) is 2.16. The summed E-state index contributed by atoms with van der Waals surface area (Å²) in [7, 11) is 0. The Balaban J connectivity index is 3.40. The van der Waals surface area contributed by atoms with Crippen LogP contribution in [-0.4, -0.2) is 11.9 Å². The van der Waals surface area contributed by atoms with Gasteiger partial charge >= 0.3 is 5.97 Å². The van der Waals surface area contributed by atoms with Crippen molar-refractivity contribution in [2.45, 2.75) is 34.3 Å². The van der Waals surface area contributed by atoms with Crippen molar-refractivity contribution >= 4 is 18.0 Å². The van der Waals surface area contributed by atoms with E-state index in [2.05, 4.69) is 0 Å². The summed E-state index contributed by atoms with van der Waals surface area (Å²) < 4.78 is 5.05. The van der Waals surface area contributed by atoms with Crippen LogP contribution in [-0.2, 0) is 20.9 Å². The molecule has 1 aromatic carbocycles. The average Bonchev–Trinajstić information content (AvgIpc) is 2.37. The van der Waals surface area contributed by atoms with E-state index in [0.29, 0.717) is 0 Å². The van der Waals surface area contributed by atoms with Gasteiger partial charge in [-0.25, -0.2) is 0 Å². The molecule has 0 saturated carbocycles. The van der Waals surface area contributed by atoms with Crippen LogP contribution in [0.5, 0.6) is 0 Å². The highest BCUT2D eigenvalue weighted by molar-refractivity contribution is 6.00. The van der Waals surface area contributed by atoms with Gasteiger partial charge in [0.15, 0.2) is 0 Å². The van der Waals surface area contributed by atoms with Gasteiger partial charge in [0, 0.05) is 6.92 Å². The van der Waals surface area contributed by atoms with Crippen molar-refractivity contribution in [2.24, 2.45) is 5.73 Å². The van der Waals surface area contributed by atoms with E-state index in [0.717, 1.165) is 27.8 Å². The lowest BCUT2D eigenvalue weighted by Crippen LogP contribution is -2.13. The zero-order chi connectivity index (χ0) is 16.2. The molecule has 2 N–H and O–H groups in total. The number of rotatable bonds is 4. The zero-order valence-electron chi connectivity index (χ0n) is 12.6. The minimum absolute atomic E-state index is 0.108. The van der Waals surface area contributed by atoms with Crippen LogP contribution in [0.4, 0.5) is 0 Å². The van der Waals surface area contributed by atoms with E-state index in [4.69, 9.17) is 15.7 Å². The van der Waals surface area contributed by atoms with Crippen LogP contribution in [0.2, 0.25) is 0 Å². The molecule has 0 aliphatic heterocycles. The van der Waals surface area contributed by atoms with Crippen molar-refractivity contribution in [3.63, 3.8) is 0 Å². The van der Waals surface area contributed by atoms with Gasteiger partial charge in [0.2, 0.25) is 0 Å². The summed E-state index contributed by atoms with van der Waals surface area (Å²) in [4.78, 5) is 22.2. The summed E-state index contributed by atoms with van der Waals surface area (Å²) in [6.07, 6.45) is 1.48. The normalized spacial score (nSPS) is 10.9. The molecule has 0 radical (unpaired) electrons. The van der Waals surface area contributed by atoms with E-state index in [-0.39, 0.29) is 18.1 Å². The maximum Gasteiger partial charge on any atom is 0.302 e. The quantitative estimate of drug-likeness (QED) is 0.521. The maximum absolute atomic E-state index is 11.2. The summed E-state index contributed by atoms with van der Waals surface area (Å²) in [6.45, 7) is 7.18. The largest absolute Gasteiger partial charge is 0.461 e. The third-order valence-corrected chi connectivity index (χ3v) is 3.28. The predicted octanol–water partition coefficient (Wildman–Crippen LogP) is 2.07. The topological polar surface area (TPSA) is 93.2 Å². The highest BCUT2D eigenvalue weighted by Crippen LogP contribution is 2.25. The second kappa shape index (κ2) is 6.71. The Kier molecular flexibility index (Phi) is 5.25. The lowest BCUT2D eigenvalue weighted by molar-refractivity contribution is -0.142. The second-order valence-corrected chi connectivity index (χ2v) is 4.84. The van der Waals surface area contributed by atoms with Crippen molar-refractivity contribution in [1.29, 1.82) is 5.26 Å². The number of nitrogens with two attached hydrogens (primary N) is 1. The number of benzene rings is 1. The molecule has 5 heteroatoms. The molecule has 0 unspecified atom stereocenters. The van der Waals surface area contributed by atoms with E-state index in [1.54, 1.807) is 6.07 Å². The number of esters is 1. The number of hydrogen-bond donors (Lipinski definition) is 1. The first-order valence-electron chi connectivity index (χ1n) is 6.42. The first-order valence-corrected chi connectivity index (χ1v) is 6.42. The minimum atomic E-state index is -0.765. The van der Waals surface area contributed by atoms with Gasteiger partial charge in [-0.05, 0) is 54.7 Å². The fourth-order valence-electron chi connectivity index (χ4n) is 2.16. The summed E-state index contributed by atoms with van der Waals surface area (Å²) in [5.41, 5.74) is 9.44. The standard InChI is InChI=1S/C16H18N2O3/c1-9-5-10(2)15(8-21-12(4)19)11(3)14(9)6-13(7-17)16(18)20/h5-6H,8H2,1-4H3,(H2,18,20)/b13-6-. The van der Waals surface area contributed by atoms with Gasteiger partial charge in [-0.3, -0.25) is 9.59 Å². The van der Waals surface area contributed by atoms with Gasteiger partial charge in [0.1, 0.15) is 18.2 Å². The van der Waals surface area contributed by atoms with Gasteiger partial charge in [-0.1, -0.05) is 6.07 Å². The third-order valence-electron chi connectivity index (χ3n) is 3.28. The first kappa shape index (κ1) is 16.4. The number of ether oxygens (including phenoxy) is 1. The molecule has 0 bridgehead atoms.